The number of piperidine rings is 1. The van der Waals surface area contributed by atoms with Crippen LogP contribution in [0.1, 0.15) is 55.5 Å². The van der Waals surface area contributed by atoms with Crippen molar-refractivity contribution in [2.75, 3.05) is 45.3 Å². The first-order chi connectivity index (χ1) is 18.7. The number of hydrogen-bond acceptors (Lipinski definition) is 6. The van der Waals surface area contributed by atoms with E-state index >= 15 is 0 Å². The number of fused-ring (bicyclic) bond motifs is 6. The van der Waals surface area contributed by atoms with Crippen LogP contribution in [0.25, 0.3) is 22.2 Å². The normalized spacial score (nSPS) is 22.3. The molecule has 3 aliphatic heterocycles. The van der Waals surface area contributed by atoms with Crippen molar-refractivity contribution < 1.29 is 22.5 Å². The van der Waals surface area contributed by atoms with Crippen LogP contribution in [0.15, 0.2) is 24.5 Å². The molecule has 2 unspecified atom stereocenters. The summed E-state index contributed by atoms with van der Waals surface area (Å²) in [7, 11) is -1.31. The zero-order chi connectivity index (χ0) is 29.0. The smallest absolute Gasteiger partial charge is 0.360 e. The lowest BCUT2D eigenvalue weighted by Crippen LogP contribution is -2.54. The number of anilines is 1. The van der Waals surface area contributed by atoms with Crippen molar-refractivity contribution in [3.8, 4) is 11.3 Å². The van der Waals surface area contributed by atoms with Crippen LogP contribution in [0.5, 0.6) is 0 Å². The largest absolute Gasteiger partial charge is 0.419 e. The molecule has 8 nitrogen and oxygen atoms in total. The molecule has 0 aliphatic carbocycles. The minimum absolute atomic E-state index is 0.0241. The Hall–Kier alpha value is -2.91. The molecule has 6 rings (SSSR count). The fourth-order valence-electron chi connectivity index (χ4n) is 5.92. The van der Waals surface area contributed by atoms with Gasteiger partial charge in [-0.1, -0.05) is 6.07 Å². The van der Waals surface area contributed by atoms with Crippen molar-refractivity contribution >= 4 is 35.2 Å². The fraction of sp³-hybridized carbons (Fsp3) is 0.536. The quantitative estimate of drug-likeness (QED) is 0.376. The summed E-state index contributed by atoms with van der Waals surface area (Å²) in [6.07, 6.45) is 1.01. The summed E-state index contributed by atoms with van der Waals surface area (Å²) >= 11 is 0. The van der Waals surface area contributed by atoms with Crippen LogP contribution in [0.2, 0.25) is 0 Å². The van der Waals surface area contributed by atoms with Gasteiger partial charge in [0.25, 0.3) is 5.91 Å². The highest BCUT2D eigenvalue weighted by Crippen LogP contribution is 2.43. The van der Waals surface area contributed by atoms with Crippen LogP contribution in [-0.2, 0) is 10.7 Å². The summed E-state index contributed by atoms with van der Waals surface area (Å²) in [6, 6.07) is 3.16. The van der Waals surface area contributed by atoms with E-state index in [1.807, 2.05) is 0 Å². The number of amides is 1. The predicted molar refractivity (Wildman–Crippen MR) is 152 cm³/mol. The van der Waals surface area contributed by atoms with E-state index in [4.69, 9.17) is 0 Å². The van der Waals surface area contributed by atoms with Crippen molar-refractivity contribution in [3.05, 3.63) is 35.7 Å². The Bertz CT molecular complexity index is 1500. The Morgan fingerprint density at radius 2 is 1.85 bits per heavy atom. The first kappa shape index (κ1) is 28.6. The molecule has 216 valence electrons. The number of hydrogen-bond donors (Lipinski definition) is 2. The number of nitrogens with zero attached hydrogens (tertiary/aromatic N) is 4. The maximum absolute atomic E-state index is 14.2. The number of carbonyl (C=O) groups excluding carboxylic acids is 1. The molecule has 1 amide bonds. The van der Waals surface area contributed by atoms with Gasteiger partial charge in [0.2, 0.25) is 5.95 Å². The number of benzene rings is 1. The minimum Gasteiger partial charge on any atom is -0.360 e. The van der Waals surface area contributed by atoms with Gasteiger partial charge >= 0.3 is 6.18 Å². The van der Waals surface area contributed by atoms with Crippen LogP contribution in [0, 0.1) is 0 Å². The lowest BCUT2D eigenvalue weighted by molar-refractivity contribution is -0.137. The van der Waals surface area contributed by atoms with Gasteiger partial charge in [-0.25, -0.2) is 9.97 Å². The third-order valence-electron chi connectivity index (χ3n) is 8.20. The van der Waals surface area contributed by atoms with Crippen LogP contribution < -0.4 is 10.6 Å². The van der Waals surface area contributed by atoms with E-state index < -0.39 is 18.9 Å². The first-order valence-electron chi connectivity index (χ1n) is 13.6. The molecule has 2 atom stereocenters. The number of H-pyrrole nitrogens is 1. The fourth-order valence-corrected chi connectivity index (χ4v) is 7.39. The maximum atomic E-state index is 14.2. The molecule has 1 fully saturated rings. The third kappa shape index (κ3) is 5.38. The van der Waals surface area contributed by atoms with Gasteiger partial charge in [0.15, 0.2) is 0 Å². The van der Waals surface area contributed by atoms with E-state index in [0.717, 1.165) is 38.4 Å². The summed E-state index contributed by atoms with van der Waals surface area (Å²) in [6.45, 7) is 9.60. The van der Waals surface area contributed by atoms with Crippen LogP contribution >= 0.6 is 7.14 Å². The summed E-state index contributed by atoms with van der Waals surface area (Å²) in [4.78, 5) is 29.1. The maximum Gasteiger partial charge on any atom is 0.419 e. The summed E-state index contributed by atoms with van der Waals surface area (Å²) in [5.41, 5.74) is -0.369. The summed E-state index contributed by atoms with van der Waals surface area (Å²) in [5.74, 6) is -0.130. The van der Waals surface area contributed by atoms with E-state index in [1.54, 1.807) is 37.4 Å². The van der Waals surface area contributed by atoms with Crippen molar-refractivity contribution in [3.63, 3.8) is 0 Å². The van der Waals surface area contributed by atoms with Crippen LogP contribution in [0.4, 0.5) is 19.1 Å². The average molecular weight is 577 g/mol. The van der Waals surface area contributed by atoms with Gasteiger partial charge in [0.05, 0.1) is 16.8 Å². The molecular weight excluding hydrogens is 540 g/mol. The van der Waals surface area contributed by atoms with Crippen molar-refractivity contribution in [2.45, 2.75) is 57.3 Å². The number of halogens is 3. The monoisotopic (exact) mass is 576 g/mol. The molecule has 5 heterocycles. The lowest BCUT2D eigenvalue weighted by Gasteiger charge is -2.46. The van der Waals surface area contributed by atoms with E-state index in [2.05, 4.69) is 39.0 Å². The molecule has 2 aromatic heterocycles. The highest BCUT2D eigenvalue weighted by atomic mass is 31.2. The Labute approximate surface area is 232 Å². The van der Waals surface area contributed by atoms with E-state index in [-0.39, 0.29) is 34.7 Å². The van der Waals surface area contributed by atoms with Gasteiger partial charge < -0.3 is 19.8 Å². The predicted octanol–water partition coefficient (Wildman–Crippen LogP) is 5.41. The Morgan fingerprint density at radius 3 is 2.55 bits per heavy atom. The molecule has 1 aromatic carbocycles. The zero-order valence-electron chi connectivity index (χ0n) is 23.5. The molecule has 8 bridgehead atoms. The second-order valence-corrected chi connectivity index (χ2v) is 15.1. The molecule has 1 saturated heterocycles. The number of aromatic nitrogens is 3. The van der Waals surface area contributed by atoms with Crippen LogP contribution in [-0.4, -0.2) is 82.3 Å². The first-order valence-corrected chi connectivity index (χ1v) is 16.2. The lowest BCUT2D eigenvalue weighted by atomic mass is 9.88. The Kier molecular flexibility index (Phi) is 7.28. The van der Waals surface area contributed by atoms with Gasteiger partial charge in [-0.2, -0.15) is 13.2 Å². The van der Waals surface area contributed by atoms with Crippen molar-refractivity contribution in [1.82, 2.24) is 24.8 Å². The summed E-state index contributed by atoms with van der Waals surface area (Å²) in [5, 5.41) is 4.05. The van der Waals surface area contributed by atoms with E-state index in [1.165, 1.54) is 6.20 Å². The highest BCUT2D eigenvalue weighted by Gasteiger charge is 2.38. The number of carbonyl (C=O) groups is 1. The third-order valence-corrected chi connectivity index (χ3v) is 9.74. The summed E-state index contributed by atoms with van der Waals surface area (Å²) < 4.78 is 56.0. The number of rotatable bonds is 1. The van der Waals surface area contributed by atoms with E-state index in [0.29, 0.717) is 34.9 Å². The van der Waals surface area contributed by atoms with Gasteiger partial charge in [0, 0.05) is 60.4 Å². The van der Waals surface area contributed by atoms with Gasteiger partial charge in [0.1, 0.15) is 12.7 Å². The second-order valence-electron chi connectivity index (χ2n) is 12.0. The molecule has 2 N–H and O–H groups in total. The number of nitrogens with one attached hydrogen (secondary N) is 2. The second kappa shape index (κ2) is 10.2. The molecule has 3 aromatic rings. The SMILES string of the molecule is CN1CCCCN2CC(CCC2(C)C)Nc2ncc(C(F)(F)F)c(n2)-c2c[nH]c3c(P(C)(C)=O)c(ccc23)C1=O. The molecule has 40 heavy (non-hydrogen) atoms. The van der Waals surface area contributed by atoms with Gasteiger partial charge in [-0.3, -0.25) is 9.69 Å². The topological polar surface area (TPSA) is 94.2 Å². The zero-order valence-corrected chi connectivity index (χ0v) is 24.4. The van der Waals surface area contributed by atoms with Gasteiger partial charge in [-0.15, -0.1) is 0 Å². The molecule has 0 saturated carbocycles. The molecule has 0 radical (unpaired) electrons. The Morgan fingerprint density at radius 1 is 1.12 bits per heavy atom. The standard InChI is InChI=1S/C28H36F3N6O2P/c1-27(2)11-10-17-16-37(27)13-7-6-12-36(3)25(38)19-9-8-18-20(14-32-23(18)24(19)40(4,5)39)22-21(28(29,30)31)15-33-26(34-17)35-22/h8-9,14-15,17,32H,6-7,10-13,16H2,1-5H3,(H,33,34,35). The molecular formula is C28H36F3N6O2P. The molecule has 12 heteroatoms. The van der Waals surface area contributed by atoms with Gasteiger partial charge in [-0.05, 0) is 65.5 Å². The van der Waals surface area contributed by atoms with Crippen molar-refractivity contribution in [2.24, 2.45) is 0 Å². The van der Waals surface area contributed by atoms with Crippen molar-refractivity contribution in [1.29, 1.82) is 0 Å². The van der Waals surface area contributed by atoms with E-state index in [9.17, 15) is 22.5 Å². The number of aromatic amines is 1. The molecule has 0 spiro atoms. The minimum atomic E-state index is -4.69. The Balaban J connectivity index is 1.71. The number of alkyl halides is 3. The highest BCUT2D eigenvalue weighted by molar-refractivity contribution is 7.70. The van der Waals surface area contributed by atoms with Crippen LogP contribution in [0.3, 0.4) is 0 Å². The average Bonchev–Trinajstić information content (AvgIpc) is 3.29. The molecule has 3 aliphatic rings.